The van der Waals surface area contributed by atoms with Gasteiger partial charge in [-0.25, -0.2) is 4.79 Å². The van der Waals surface area contributed by atoms with Gasteiger partial charge in [-0.3, -0.25) is 0 Å². The number of carbonyl (C=O) groups excluding carboxylic acids is 1. The molecule has 1 aliphatic rings. The van der Waals surface area contributed by atoms with Gasteiger partial charge >= 0.3 is 5.97 Å². The topological polar surface area (TPSA) is 73.9 Å². The number of hydrogen-bond donors (Lipinski definition) is 0. The van der Waals surface area contributed by atoms with E-state index in [1.807, 2.05) is 0 Å². The number of carbonyl (C=O) groups is 1. The van der Waals surface area contributed by atoms with Crippen LogP contribution in [-0.4, -0.2) is 5.97 Å². The van der Waals surface area contributed by atoms with E-state index in [-0.39, 0.29) is 11.1 Å². The van der Waals surface area contributed by atoms with Crippen molar-refractivity contribution < 1.29 is 9.53 Å². The summed E-state index contributed by atoms with van der Waals surface area (Å²) in [6.45, 7) is 0. The summed E-state index contributed by atoms with van der Waals surface area (Å²) < 4.78 is 5.05. The zero-order valence-corrected chi connectivity index (χ0v) is 9.73. The maximum Gasteiger partial charge on any atom is 0.349 e. The molecule has 0 aliphatic carbocycles. The second-order valence-electron chi connectivity index (χ2n) is 3.43. The summed E-state index contributed by atoms with van der Waals surface area (Å²) in [5.74, 6) is -0.319. The number of fused-ring (bicyclic) bond motifs is 1. The van der Waals surface area contributed by atoms with Crippen molar-refractivity contribution in [2.24, 2.45) is 0 Å². The molecule has 0 N–H and O–H groups in total. The number of alkyl halides is 1. The third-order valence-corrected chi connectivity index (χ3v) is 2.80. The first-order chi connectivity index (χ1) is 8.67. The van der Waals surface area contributed by atoms with Crippen molar-refractivity contribution in [1.82, 2.24) is 0 Å². The molecule has 0 amide bonds. The minimum Gasteiger partial charge on any atom is -0.422 e. The number of halogens is 1. The first kappa shape index (κ1) is 12.0. The molecule has 1 unspecified atom stereocenters. The van der Waals surface area contributed by atoms with E-state index >= 15 is 0 Å². The molecule has 0 fully saturated rings. The molecule has 0 saturated carbocycles. The van der Waals surface area contributed by atoms with Crippen LogP contribution in [0.3, 0.4) is 0 Å². The second-order valence-corrected chi connectivity index (χ2v) is 3.86. The van der Waals surface area contributed by atoms with Crippen molar-refractivity contribution in [2.75, 3.05) is 0 Å². The van der Waals surface area contributed by atoms with Crippen LogP contribution in [0.4, 0.5) is 0 Å². The number of para-hydroxylation sites is 1. The molecule has 0 aromatic heterocycles. The van der Waals surface area contributed by atoms with E-state index in [4.69, 9.17) is 26.9 Å². The first-order valence-electron chi connectivity index (χ1n) is 4.93. The Kier molecular flexibility index (Phi) is 3.17. The van der Waals surface area contributed by atoms with E-state index in [0.717, 1.165) is 0 Å². The minimum atomic E-state index is -0.779. The molecule has 86 valence electrons. The fourth-order valence-corrected chi connectivity index (χ4v) is 1.85. The molecule has 0 bridgehead atoms. The standard InChI is InChI=1S/C13H5ClN2O2/c14-12-9-3-1-2-4-11(9)18-13(17)10(12)5-8(6-15)7-16/h1-4,12H. The van der Waals surface area contributed by atoms with E-state index < -0.39 is 11.3 Å². The predicted molar refractivity (Wildman–Crippen MR) is 62.4 cm³/mol. The lowest BCUT2D eigenvalue weighted by molar-refractivity contribution is -0.130. The molecular formula is C13H5ClN2O2. The van der Waals surface area contributed by atoms with Crippen molar-refractivity contribution in [3.8, 4) is 17.9 Å². The van der Waals surface area contributed by atoms with Crippen LogP contribution < -0.4 is 4.74 Å². The summed E-state index contributed by atoms with van der Waals surface area (Å²) in [5.41, 5.74) is 2.66. The Bertz CT molecular complexity index is 657. The molecule has 4 nitrogen and oxygen atoms in total. The Hall–Kier alpha value is -2.52. The number of benzene rings is 1. The summed E-state index contributed by atoms with van der Waals surface area (Å²) in [4.78, 5) is 11.7. The van der Waals surface area contributed by atoms with Crippen LogP contribution in [0.25, 0.3) is 0 Å². The molecule has 5 heteroatoms. The van der Waals surface area contributed by atoms with E-state index in [2.05, 4.69) is 5.73 Å². The molecule has 1 aliphatic heterocycles. The lowest BCUT2D eigenvalue weighted by Crippen LogP contribution is -2.20. The van der Waals surface area contributed by atoms with Gasteiger partial charge in [0.15, 0.2) is 5.57 Å². The van der Waals surface area contributed by atoms with Crippen LogP contribution in [0.15, 0.2) is 41.1 Å². The maximum absolute atomic E-state index is 11.7. The van der Waals surface area contributed by atoms with E-state index in [9.17, 15) is 4.79 Å². The zero-order valence-electron chi connectivity index (χ0n) is 8.98. The summed E-state index contributed by atoms with van der Waals surface area (Å²) in [6.07, 6.45) is 0. The smallest absolute Gasteiger partial charge is 0.349 e. The Morgan fingerprint density at radius 2 is 1.94 bits per heavy atom. The van der Waals surface area contributed by atoms with Gasteiger partial charge in [0.05, 0.1) is 0 Å². The molecular weight excluding hydrogens is 252 g/mol. The highest BCUT2D eigenvalue weighted by molar-refractivity contribution is 6.26. The van der Waals surface area contributed by atoms with Gasteiger partial charge in [0.25, 0.3) is 0 Å². The van der Waals surface area contributed by atoms with Gasteiger partial charge in [0.2, 0.25) is 0 Å². The van der Waals surface area contributed by atoms with Gasteiger partial charge in [-0.1, -0.05) is 23.9 Å². The Labute approximate surface area is 108 Å². The Balaban J connectivity index is 2.63. The molecule has 2 rings (SSSR count). The summed E-state index contributed by atoms with van der Waals surface area (Å²) >= 11 is 6.13. The van der Waals surface area contributed by atoms with Crippen LogP contribution in [0.2, 0.25) is 0 Å². The second kappa shape index (κ2) is 4.77. The fraction of sp³-hybridized carbons (Fsp3) is 0.0769. The molecule has 1 heterocycles. The lowest BCUT2D eigenvalue weighted by Gasteiger charge is -2.20. The van der Waals surface area contributed by atoms with Crippen molar-refractivity contribution in [3.63, 3.8) is 0 Å². The van der Waals surface area contributed by atoms with Gasteiger partial charge in [-0.05, 0) is 6.07 Å². The van der Waals surface area contributed by atoms with E-state index in [0.29, 0.717) is 11.3 Å². The molecule has 18 heavy (non-hydrogen) atoms. The maximum atomic E-state index is 11.7. The number of ether oxygens (including phenoxy) is 1. The number of nitriles is 2. The molecule has 0 radical (unpaired) electrons. The van der Waals surface area contributed by atoms with Gasteiger partial charge < -0.3 is 4.74 Å². The van der Waals surface area contributed by atoms with Crippen molar-refractivity contribution in [3.05, 3.63) is 46.7 Å². The molecule has 0 spiro atoms. The molecule has 1 aromatic rings. The number of hydrogen-bond acceptors (Lipinski definition) is 4. The summed E-state index contributed by atoms with van der Waals surface area (Å²) in [6, 6.07) is 10.0. The predicted octanol–water partition coefficient (Wildman–Crippen LogP) is 2.38. The van der Waals surface area contributed by atoms with E-state index in [1.54, 1.807) is 36.4 Å². The molecule has 1 atom stereocenters. The quantitative estimate of drug-likeness (QED) is 0.178. The van der Waals surface area contributed by atoms with Crippen LogP contribution in [0.5, 0.6) is 5.75 Å². The normalized spacial score (nSPS) is 16.7. The zero-order chi connectivity index (χ0) is 13.1. The van der Waals surface area contributed by atoms with Gasteiger partial charge in [-0.2, -0.15) is 10.5 Å². The highest BCUT2D eigenvalue weighted by Crippen LogP contribution is 2.39. The fourth-order valence-electron chi connectivity index (χ4n) is 1.53. The molecule has 1 aromatic carbocycles. The summed E-state index contributed by atoms with van der Waals surface area (Å²) in [5, 5.41) is 16.5. The molecule has 0 saturated heterocycles. The van der Waals surface area contributed by atoms with Gasteiger partial charge in [-0.15, -0.1) is 11.6 Å². The summed E-state index contributed by atoms with van der Waals surface area (Å²) in [7, 11) is 0. The van der Waals surface area contributed by atoms with Crippen LogP contribution in [-0.2, 0) is 4.79 Å². The Morgan fingerprint density at radius 1 is 1.28 bits per heavy atom. The number of esters is 1. The van der Waals surface area contributed by atoms with Crippen molar-refractivity contribution in [2.45, 2.75) is 5.38 Å². The number of nitrogens with zero attached hydrogens (tertiary/aromatic N) is 2. The average molecular weight is 257 g/mol. The third-order valence-electron chi connectivity index (χ3n) is 2.35. The van der Waals surface area contributed by atoms with Crippen molar-refractivity contribution in [1.29, 1.82) is 10.5 Å². The first-order valence-corrected chi connectivity index (χ1v) is 5.37. The average Bonchev–Trinajstić information content (AvgIpc) is 2.39. The largest absolute Gasteiger partial charge is 0.422 e. The minimum absolute atomic E-state index is 0.0338. The Morgan fingerprint density at radius 3 is 2.61 bits per heavy atom. The van der Waals surface area contributed by atoms with E-state index in [1.165, 1.54) is 0 Å². The van der Waals surface area contributed by atoms with Crippen LogP contribution in [0, 0.1) is 22.7 Å². The monoisotopic (exact) mass is 256 g/mol. The highest BCUT2D eigenvalue weighted by atomic mass is 35.5. The SMILES string of the molecule is N#CC(=C=C1C(=O)Oc2ccccc2C1Cl)C#N. The van der Waals surface area contributed by atoms with Crippen molar-refractivity contribution >= 4 is 17.6 Å². The van der Waals surface area contributed by atoms with Crippen LogP contribution >= 0.6 is 11.6 Å². The number of rotatable bonds is 0. The highest BCUT2D eigenvalue weighted by Gasteiger charge is 2.31. The van der Waals surface area contributed by atoms with Crippen LogP contribution in [0.1, 0.15) is 10.9 Å². The third kappa shape index (κ3) is 1.99. The lowest BCUT2D eigenvalue weighted by atomic mass is 10.0. The van der Waals surface area contributed by atoms with Gasteiger partial charge in [0, 0.05) is 5.56 Å². The van der Waals surface area contributed by atoms with Gasteiger partial charge in [0.1, 0.15) is 28.8 Å².